The predicted octanol–water partition coefficient (Wildman–Crippen LogP) is 4.89. The van der Waals surface area contributed by atoms with E-state index in [1.165, 1.54) is 38.5 Å². The second-order valence-corrected chi connectivity index (χ2v) is 6.12. The Labute approximate surface area is 145 Å². The van der Waals surface area contributed by atoms with Gasteiger partial charge in [-0.25, -0.2) is 0 Å². The monoisotopic (exact) mass is 330 g/mol. The average Bonchev–Trinajstić information content (AvgIpc) is 2.64. The Morgan fingerprint density at radius 2 is 1.71 bits per heavy atom. The van der Waals surface area contributed by atoms with E-state index in [-0.39, 0.29) is 0 Å². The standard InChI is InChI=1S/C19H30N4O/c1-3-5-7-8-10-17-16-20-23(22-21-17)18-11-13-19(14-12-18)24-15-9-6-4-2/h11-14,16,22H,3-10,15H2,1-2H3. The third-order valence-electron chi connectivity index (χ3n) is 3.99. The summed E-state index contributed by atoms with van der Waals surface area (Å²) in [6, 6.07) is 7.92. The fourth-order valence-electron chi connectivity index (χ4n) is 2.49. The highest BCUT2D eigenvalue weighted by Gasteiger charge is 2.09. The minimum absolute atomic E-state index is 0.777. The van der Waals surface area contributed by atoms with E-state index in [0.717, 1.165) is 36.6 Å². The van der Waals surface area contributed by atoms with E-state index in [9.17, 15) is 0 Å². The first-order valence-electron chi connectivity index (χ1n) is 9.22. The molecule has 2 rings (SSSR count). The minimum atomic E-state index is 0.777. The van der Waals surface area contributed by atoms with Gasteiger partial charge in [0.25, 0.3) is 0 Å². The Morgan fingerprint density at radius 3 is 2.38 bits per heavy atom. The number of hydrazone groups is 2. The molecular weight excluding hydrogens is 300 g/mol. The van der Waals surface area contributed by atoms with Crippen LogP contribution in [-0.4, -0.2) is 18.5 Å². The third-order valence-corrected chi connectivity index (χ3v) is 3.99. The summed E-state index contributed by atoms with van der Waals surface area (Å²) < 4.78 is 5.73. The van der Waals surface area contributed by atoms with Gasteiger partial charge in [-0.3, -0.25) is 0 Å². The van der Waals surface area contributed by atoms with Gasteiger partial charge in [-0.05, 0) is 43.5 Å². The molecule has 1 aliphatic rings. The summed E-state index contributed by atoms with van der Waals surface area (Å²) in [5.74, 6) is 0.899. The first-order chi connectivity index (χ1) is 11.8. The fourth-order valence-corrected chi connectivity index (χ4v) is 2.49. The Hall–Kier alpha value is -2.04. The number of hydrogen-bond acceptors (Lipinski definition) is 5. The van der Waals surface area contributed by atoms with E-state index in [2.05, 4.69) is 29.6 Å². The molecule has 1 heterocycles. The van der Waals surface area contributed by atoms with Gasteiger partial charge in [0.05, 0.1) is 24.2 Å². The quantitative estimate of drug-likeness (QED) is 0.588. The summed E-state index contributed by atoms with van der Waals surface area (Å²) >= 11 is 0. The second kappa shape index (κ2) is 10.7. The third kappa shape index (κ3) is 6.22. The molecule has 0 atom stereocenters. The topological polar surface area (TPSA) is 49.2 Å². The molecule has 24 heavy (non-hydrogen) atoms. The largest absolute Gasteiger partial charge is 0.494 e. The molecule has 0 saturated carbocycles. The second-order valence-electron chi connectivity index (χ2n) is 6.12. The number of hydrazine groups is 1. The highest BCUT2D eigenvalue weighted by Crippen LogP contribution is 2.19. The van der Waals surface area contributed by atoms with Gasteiger partial charge in [-0.1, -0.05) is 46.0 Å². The number of ether oxygens (including phenoxy) is 1. The lowest BCUT2D eigenvalue weighted by molar-refractivity contribution is 0.306. The molecule has 0 aliphatic carbocycles. The Kier molecular flexibility index (Phi) is 8.15. The molecule has 0 bridgehead atoms. The molecule has 0 radical (unpaired) electrons. The lowest BCUT2D eigenvalue weighted by atomic mass is 10.1. The van der Waals surface area contributed by atoms with Crippen molar-refractivity contribution in [2.75, 3.05) is 11.7 Å². The number of hydrogen-bond donors (Lipinski definition) is 1. The summed E-state index contributed by atoms with van der Waals surface area (Å²) in [5, 5.41) is 10.5. The predicted molar refractivity (Wildman–Crippen MR) is 102 cm³/mol. The van der Waals surface area contributed by atoms with Crippen LogP contribution in [0.15, 0.2) is 34.5 Å². The van der Waals surface area contributed by atoms with Crippen LogP contribution in [0, 0.1) is 0 Å². The Balaban J connectivity index is 1.75. The molecule has 0 fully saturated rings. The summed E-state index contributed by atoms with van der Waals surface area (Å²) in [4.78, 5) is 0. The zero-order valence-corrected chi connectivity index (χ0v) is 15.0. The van der Waals surface area contributed by atoms with E-state index in [0.29, 0.717) is 0 Å². The zero-order valence-electron chi connectivity index (χ0n) is 15.0. The van der Waals surface area contributed by atoms with Crippen LogP contribution in [0.5, 0.6) is 5.75 Å². The number of anilines is 1. The highest BCUT2D eigenvalue weighted by atomic mass is 16.5. The van der Waals surface area contributed by atoms with Gasteiger partial charge in [-0.15, -0.1) is 0 Å². The number of rotatable bonds is 11. The molecule has 0 saturated heterocycles. The van der Waals surface area contributed by atoms with Gasteiger partial charge in [-0.2, -0.15) is 20.9 Å². The number of benzene rings is 1. The van der Waals surface area contributed by atoms with E-state index in [1.807, 2.05) is 30.5 Å². The number of unbranched alkanes of at least 4 members (excludes halogenated alkanes) is 5. The first-order valence-corrected chi connectivity index (χ1v) is 9.22. The zero-order chi connectivity index (χ0) is 17.0. The van der Waals surface area contributed by atoms with Crippen LogP contribution in [0.3, 0.4) is 0 Å². The van der Waals surface area contributed by atoms with Crippen LogP contribution in [-0.2, 0) is 0 Å². The van der Waals surface area contributed by atoms with Crippen LogP contribution >= 0.6 is 0 Å². The first kappa shape index (κ1) is 18.3. The maximum absolute atomic E-state index is 5.73. The summed E-state index contributed by atoms with van der Waals surface area (Å²) in [5.41, 5.74) is 4.95. The molecule has 5 heteroatoms. The maximum atomic E-state index is 5.73. The summed E-state index contributed by atoms with van der Waals surface area (Å²) in [7, 11) is 0. The van der Waals surface area contributed by atoms with Crippen LogP contribution in [0.2, 0.25) is 0 Å². The van der Waals surface area contributed by atoms with Crippen LogP contribution in [0.1, 0.15) is 65.2 Å². The van der Waals surface area contributed by atoms with E-state index in [1.54, 1.807) is 5.12 Å². The molecule has 1 aromatic carbocycles. The van der Waals surface area contributed by atoms with Gasteiger partial charge >= 0.3 is 0 Å². The molecular formula is C19H30N4O. The maximum Gasteiger partial charge on any atom is 0.119 e. The average molecular weight is 330 g/mol. The molecule has 1 aliphatic heterocycles. The van der Waals surface area contributed by atoms with Crippen molar-refractivity contribution >= 4 is 17.6 Å². The van der Waals surface area contributed by atoms with Crippen molar-refractivity contribution in [2.45, 2.75) is 65.2 Å². The van der Waals surface area contributed by atoms with Gasteiger partial charge in [0.2, 0.25) is 0 Å². The molecule has 132 valence electrons. The van der Waals surface area contributed by atoms with Gasteiger partial charge in [0.1, 0.15) is 5.75 Å². The van der Waals surface area contributed by atoms with E-state index < -0.39 is 0 Å². The van der Waals surface area contributed by atoms with Crippen molar-refractivity contribution in [3.8, 4) is 5.75 Å². The van der Waals surface area contributed by atoms with Crippen LogP contribution in [0.25, 0.3) is 0 Å². The highest BCUT2D eigenvalue weighted by molar-refractivity contribution is 6.31. The SMILES string of the molecule is CCCCCCC1=NNN(c2ccc(OCCCCC)cc2)N=C1. The van der Waals surface area contributed by atoms with E-state index >= 15 is 0 Å². The van der Waals surface area contributed by atoms with Gasteiger partial charge in [0, 0.05) is 0 Å². The lowest BCUT2D eigenvalue weighted by Crippen LogP contribution is -2.34. The van der Waals surface area contributed by atoms with Gasteiger partial charge in [0.15, 0.2) is 0 Å². The van der Waals surface area contributed by atoms with Crippen LogP contribution < -0.4 is 15.4 Å². The van der Waals surface area contributed by atoms with Crippen molar-refractivity contribution in [2.24, 2.45) is 10.2 Å². The Bertz CT molecular complexity index is 525. The lowest BCUT2D eigenvalue weighted by Gasteiger charge is -2.21. The summed E-state index contributed by atoms with van der Waals surface area (Å²) in [6.45, 7) is 5.19. The van der Waals surface area contributed by atoms with E-state index in [4.69, 9.17) is 4.74 Å². The van der Waals surface area contributed by atoms with Crippen molar-refractivity contribution in [3.05, 3.63) is 24.3 Å². The summed E-state index contributed by atoms with van der Waals surface area (Å²) in [6.07, 6.45) is 11.3. The van der Waals surface area contributed by atoms with Crippen molar-refractivity contribution in [1.29, 1.82) is 0 Å². The molecule has 1 aromatic rings. The molecule has 5 nitrogen and oxygen atoms in total. The van der Waals surface area contributed by atoms with Gasteiger partial charge < -0.3 is 4.74 Å². The molecule has 0 spiro atoms. The fraction of sp³-hybridized carbons (Fsp3) is 0.579. The van der Waals surface area contributed by atoms with Crippen molar-refractivity contribution in [3.63, 3.8) is 0 Å². The molecule has 0 aromatic heterocycles. The van der Waals surface area contributed by atoms with Crippen molar-refractivity contribution in [1.82, 2.24) is 5.53 Å². The minimum Gasteiger partial charge on any atom is -0.494 e. The number of nitrogens with zero attached hydrogens (tertiary/aromatic N) is 3. The normalized spacial score (nSPS) is 13.6. The molecule has 0 amide bonds. The molecule has 1 N–H and O–H groups in total. The van der Waals surface area contributed by atoms with Crippen molar-refractivity contribution < 1.29 is 4.74 Å². The Morgan fingerprint density at radius 1 is 0.958 bits per heavy atom. The van der Waals surface area contributed by atoms with Crippen LogP contribution in [0.4, 0.5) is 5.69 Å². The molecule has 0 unspecified atom stereocenters. The number of nitrogens with one attached hydrogen (secondary N) is 1. The smallest absolute Gasteiger partial charge is 0.119 e.